The zero-order valence-corrected chi connectivity index (χ0v) is 14.1. The first-order valence-electron chi connectivity index (χ1n) is 6.70. The van der Waals surface area contributed by atoms with E-state index in [1.807, 2.05) is 30.4 Å². The largest absolute Gasteiger partial charge is 0.493 e. The number of thioether (sulfide) groups is 1. The highest BCUT2D eigenvalue weighted by Crippen LogP contribution is 2.27. The van der Waals surface area contributed by atoms with E-state index in [4.69, 9.17) is 21.7 Å². The predicted octanol–water partition coefficient (Wildman–Crippen LogP) is 3.13. The lowest BCUT2D eigenvalue weighted by molar-refractivity contribution is -0.121. The molecule has 1 amide bonds. The molecule has 2 rings (SSSR count). The fourth-order valence-electron chi connectivity index (χ4n) is 1.94. The van der Waals surface area contributed by atoms with Crippen LogP contribution < -0.4 is 9.47 Å². The van der Waals surface area contributed by atoms with Crippen molar-refractivity contribution in [2.45, 2.75) is 0 Å². The van der Waals surface area contributed by atoms with Crippen molar-refractivity contribution in [2.75, 3.05) is 26.5 Å². The predicted molar refractivity (Wildman–Crippen MR) is 94.5 cm³/mol. The highest BCUT2D eigenvalue weighted by Gasteiger charge is 2.21. The maximum absolute atomic E-state index is 11.9. The van der Waals surface area contributed by atoms with Crippen LogP contribution in [-0.2, 0) is 4.79 Å². The van der Waals surface area contributed by atoms with Gasteiger partial charge >= 0.3 is 0 Å². The van der Waals surface area contributed by atoms with Crippen LogP contribution in [0.1, 0.15) is 5.56 Å². The zero-order valence-electron chi connectivity index (χ0n) is 12.4. The molecular formula is C16H17NO3S2. The highest BCUT2D eigenvalue weighted by molar-refractivity contribution is 8.23. The topological polar surface area (TPSA) is 38.8 Å². The number of allylic oxidation sites excluding steroid dienone is 2. The van der Waals surface area contributed by atoms with Gasteiger partial charge in [0, 0.05) is 18.4 Å². The molecule has 0 unspecified atom stereocenters. The van der Waals surface area contributed by atoms with Crippen molar-refractivity contribution in [1.29, 1.82) is 0 Å². The standard InChI is InChI=1S/C16H17NO3S2/c1-19-13-8-7-12(11-14(13)20-2)5-3-4-6-15(18)17-9-10-22-16(17)21/h3-8,11H,9-10H2,1-2H3/b5-3+,6-4+. The maximum Gasteiger partial charge on any atom is 0.252 e. The fourth-order valence-corrected chi connectivity index (χ4v) is 3.16. The summed E-state index contributed by atoms with van der Waals surface area (Å²) in [4.78, 5) is 13.5. The van der Waals surface area contributed by atoms with Crippen molar-refractivity contribution in [3.63, 3.8) is 0 Å². The number of hydrogen-bond acceptors (Lipinski definition) is 5. The number of ether oxygens (including phenoxy) is 2. The average molecular weight is 335 g/mol. The number of thiocarbonyl (C=S) groups is 1. The van der Waals surface area contributed by atoms with Crippen LogP contribution in [-0.4, -0.2) is 41.6 Å². The molecule has 1 heterocycles. The number of methoxy groups -OCH3 is 2. The second-order valence-corrected chi connectivity index (χ2v) is 6.17. The molecule has 116 valence electrons. The summed E-state index contributed by atoms with van der Waals surface area (Å²) in [6, 6.07) is 5.63. The summed E-state index contributed by atoms with van der Waals surface area (Å²) in [5.41, 5.74) is 0.960. The van der Waals surface area contributed by atoms with E-state index in [1.165, 1.54) is 17.8 Å². The molecule has 1 aliphatic heterocycles. The van der Waals surface area contributed by atoms with Crippen LogP contribution in [0, 0.1) is 0 Å². The van der Waals surface area contributed by atoms with E-state index in [-0.39, 0.29) is 5.91 Å². The molecule has 0 aromatic heterocycles. The molecule has 0 bridgehead atoms. The summed E-state index contributed by atoms with van der Waals surface area (Å²) >= 11 is 6.65. The van der Waals surface area contributed by atoms with Crippen molar-refractivity contribution < 1.29 is 14.3 Å². The maximum atomic E-state index is 11.9. The quantitative estimate of drug-likeness (QED) is 0.470. The molecule has 4 nitrogen and oxygen atoms in total. The fraction of sp³-hybridized carbons (Fsp3) is 0.250. The van der Waals surface area contributed by atoms with E-state index in [9.17, 15) is 4.79 Å². The molecule has 1 saturated heterocycles. The summed E-state index contributed by atoms with van der Waals surface area (Å²) in [5, 5.41) is 0. The van der Waals surface area contributed by atoms with Crippen molar-refractivity contribution in [3.8, 4) is 11.5 Å². The van der Waals surface area contributed by atoms with Crippen LogP contribution >= 0.6 is 24.0 Å². The van der Waals surface area contributed by atoms with Gasteiger partial charge in [-0.25, -0.2) is 0 Å². The summed E-state index contributed by atoms with van der Waals surface area (Å²) in [6.45, 7) is 0.687. The first-order valence-corrected chi connectivity index (χ1v) is 8.10. The van der Waals surface area contributed by atoms with E-state index < -0.39 is 0 Å². The molecule has 0 radical (unpaired) electrons. The van der Waals surface area contributed by atoms with Gasteiger partial charge < -0.3 is 9.47 Å². The number of amides is 1. The SMILES string of the molecule is COc1ccc(/C=C/C=C/C(=O)N2CCSC2=S)cc1OC. The van der Waals surface area contributed by atoms with Crippen molar-refractivity contribution >= 4 is 40.3 Å². The van der Waals surface area contributed by atoms with Gasteiger partial charge in [-0.1, -0.05) is 48.3 Å². The molecule has 0 N–H and O–H groups in total. The molecule has 1 aliphatic rings. The smallest absolute Gasteiger partial charge is 0.252 e. The molecule has 1 fully saturated rings. The number of benzene rings is 1. The number of nitrogens with zero attached hydrogens (tertiary/aromatic N) is 1. The van der Waals surface area contributed by atoms with Crippen LogP contribution in [0.5, 0.6) is 11.5 Å². The third-order valence-corrected chi connectivity index (χ3v) is 4.50. The van der Waals surface area contributed by atoms with Gasteiger partial charge in [0.15, 0.2) is 11.5 Å². The Hall–Kier alpha value is -1.79. The Labute approximate surface area is 139 Å². The molecule has 1 aromatic rings. The van der Waals surface area contributed by atoms with Crippen LogP contribution in [0.4, 0.5) is 0 Å². The van der Waals surface area contributed by atoms with Gasteiger partial charge in [-0.05, 0) is 17.7 Å². The van der Waals surface area contributed by atoms with Gasteiger partial charge in [-0.2, -0.15) is 0 Å². The van der Waals surface area contributed by atoms with Gasteiger partial charge in [0.05, 0.1) is 14.2 Å². The first-order chi connectivity index (χ1) is 10.7. The second kappa shape index (κ2) is 8.00. The Bertz CT molecular complexity index is 626. The summed E-state index contributed by atoms with van der Waals surface area (Å²) in [5.74, 6) is 2.15. The van der Waals surface area contributed by atoms with Gasteiger partial charge in [-0.3, -0.25) is 9.69 Å². The lowest BCUT2D eigenvalue weighted by Crippen LogP contribution is -2.28. The minimum absolute atomic E-state index is 0.0769. The van der Waals surface area contributed by atoms with Crippen LogP contribution in [0.25, 0.3) is 6.08 Å². The molecule has 0 spiro atoms. The van der Waals surface area contributed by atoms with Crippen LogP contribution in [0.15, 0.2) is 36.4 Å². The monoisotopic (exact) mass is 335 g/mol. The summed E-state index contributed by atoms with van der Waals surface area (Å²) in [7, 11) is 3.20. The Kier molecular flexibility index (Phi) is 6.03. The van der Waals surface area contributed by atoms with Gasteiger partial charge in [-0.15, -0.1) is 0 Å². The van der Waals surface area contributed by atoms with E-state index in [0.717, 1.165) is 11.3 Å². The lowest BCUT2D eigenvalue weighted by atomic mass is 10.2. The number of carbonyl (C=O) groups is 1. The second-order valence-electron chi connectivity index (χ2n) is 4.44. The van der Waals surface area contributed by atoms with Crippen molar-refractivity contribution in [2.24, 2.45) is 0 Å². The Morgan fingerprint density at radius 2 is 2.05 bits per heavy atom. The molecule has 6 heteroatoms. The summed E-state index contributed by atoms with van der Waals surface area (Å²) < 4.78 is 11.1. The third kappa shape index (κ3) is 4.11. The average Bonchev–Trinajstić information content (AvgIpc) is 2.97. The third-order valence-electron chi connectivity index (χ3n) is 3.07. The zero-order chi connectivity index (χ0) is 15.9. The lowest BCUT2D eigenvalue weighted by Gasteiger charge is -2.10. The minimum atomic E-state index is -0.0769. The minimum Gasteiger partial charge on any atom is -0.493 e. The number of rotatable bonds is 5. The highest BCUT2D eigenvalue weighted by atomic mass is 32.2. The summed E-state index contributed by atoms with van der Waals surface area (Å²) in [6.07, 6.45) is 6.94. The molecule has 0 atom stereocenters. The van der Waals surface area contributed by atoms with Crippen LogP contribution in [0.2, 0.25) is 0 Å². The molecule has 0 aliphatic carbocycles. The van der Waals surface area contributed by atoms with E-state index in [1.54, 1.807) is 25.2 Å². The van der Waals surface area contributed by atoms with Crippen molar-refractivity contribution in [3.05, 3.63) is 42.0 Å². The Morgan fingerprint density at radius 1 is 1.27 bits per heavy atom. The van der Waals surface area contributed by atoms with Gasteiger partial charge in [0.2, 0.25) is 0 Å². The molecular weight excluding hydrogens is 318 g/mol. The Morgan fingerprint density at radius 3 is 2.68 bits per heavy atom. The Balaban J connectivity index is 1.98. The van der Waals surface area contributed by atoms with Gasteiger partial charge in [0.1, 0.15) is 4.32 Å². The van der Waals surface area contributed by atoms with E-state index in [0.29, 0.717) is 22.4 Å². The van der Waals surface area contributed by atoms with Gasteiger partial charge in [0.25, 0.3) is 5.91 Å². The van der Waals surface area contributed by atoms with Crippen LogP contribution in [0.3, 0.4) is 0 Å². The number of hydrogen-bond donors (Lipinski definition) is 0. The first kappa shape index (κ1) is 16.6. The van der Waals surface area contributed by atoms with E-state index in [2.05, 4.69) is 0 Å². The molecule has 22 heavy (non-hydrogen) atoms. The molecule has 1 aromatic carbocycles. The molecule has 0 saturated carbocycles. The van der Waals surface area contributed by atoms with E-state index >= 15 is 0 Å². The normalized spacial score (nSPS) is 15.0. The van der Waals surface area contributed by atoms with Crippen molar-refractivity contribution in [1.82, 2.24) is 4.90 Å². The number of carbonyl (C=O) groups excluding carboxylic acids is 1.